The summed E-state index contributed by atoms with van der Waals surface area (Å²) in [5.41, 5.74) is 7.32. The number of hydrogen-bond acceptors (Lipinski definition) is 4. The zero-order valence-corrected chi connectivity index (χ0v) is 15.4. The molecule has 0 spiro atoms. The van der Waals surface area contributed by atoms with E-state index in [4.69, 9.17) is 0 Å². The van der Waals surface area contributed by atoms with Crippen LogP contribution < -0.4 is 10.5 Å². The van der Waals surface area contributed by atoms with Crippen LogP contribution in [-0.2, 0) is 16.0 Å². The Morgan fingerprint density at radius 1 is 1.04 bits per heavy atom. The van der Waals surface area contributed by atoms with E-state index in [-0.39, 0.29) is 31.2 Å². The molecule has 0 saturated carbocycles. The Labute approximate surface area is 159 Å². The molecule has 1 heterocycles. The molecule has 140 valence electrons. The zero-order chi connectivity index (χ0) is 19.2. The minimum atomic E-state index is -1.13. The lowest BCUT2D eigenvalue weighted by Crippen LogP contribution is -2.39. The highest BCUT2D eigenvalue weighted by molar-refractivity contribution is 5.81. The van der Waals surface area contributed by atoms with Gasteiger partial charge in [0.15, 0.2) is 0 Å². The van der Waals surface area contributed by atoms with Crippen molar-refractivity contribution in [1.82, 2.24) is 10.4 Å². The molecule has 0 unspecified atom stereocenters. The third kappa shape index (κ3) is 4.56. The molecule has 3 rings (SSSR count). The number of nitrogens with zero attached hydrogens (tertiary/aromatic N) is 1. The third-order valence-corrected chi connectivity index (χ3v) is 4.70. The number of carbonyl (C=O) groups is 2. The monoisotopic (exact) mass is 363 g/mol. The molecule has 0 fully saturated rings. The number of nitrogens with one attached hydrogen (secondary N) is 1. The van der Waals surface area contributed by atoms with Gasteiger partial charge in [0.05, 0.1) is 11.7 Å². The first-order valence-corrected chi connectivity index (χ1v) is 9.23. The normalized spacial score (nSPS) is 16.0. The molecule has 1 aliphatic heterocycles. The van der Waals surface area contributed by atoms with E-state index in [1.54, 1.807) is 5.01 Å². The number of carboxylic acids is 1. The predicted octanol–water partition coefficient (Wildman–Crippen LogP) is 2.60. The first-order valence-electron chi connectivity index (χ1n) is 9.23. The second-order valence-electron chi connectivity index (χ2n) is 6.59. The van der Waals surface area contributed by atoms with Gasteiger partial charge in [-0.1, -0.05) is 61.5 Å². The molecule has 27 heavy (non-hydrogen) atoms. The lowest BCUT2D eigenvalue weighted by atomic mass is 10.0. The summed E-state index contributed by atoms with van der Waals surface area (Å²) in [6.45, 7) is 2.10. The number of benzene rings is 2. The molecule has 5 nitrogen and oxygen atoms in total. The van der Waals surface area contributed by atoms with Gasteiger partial charge in [-0.25, -0.2) is 5.01 Å². The quantitative estimate of drug-likeness (QED) is 0.821. The van der Waals surface area contributed by atoms with E-state index in [2.05, 4.69) is 24.5 Å². The van der Waals surface area contributed by atoms with Crippen molar-refractivity contribution in [3.63, 3.8) is 0 Å². The maximum absolute atomic E-state index is 12.7. The Kier molecular flexibility index (Phi) is 5.91. The number of hydrogen-bond donors (Lipinski definition) is 1. The summed E-state index contributed by atoms with van der Waals surface area (Å²) in [5, 5.41) is 12.2. The molecule has 1 atom stereocenters. The van der Waals surface area contributed by atoms with E-state index in [9.17, 15) is 14.7 Å². The fraction of sp³-hybridized carbons (Fsp3) is 0.273. The van der Waals surface area contributed by atoms with E-state index in [0.29, 0.717) is 0 Å². The van der Waals surface area contributed by atoms with Crippen molar-refractivity contribution in [2.24, 2.45) is 0 Å². The van der Waals surface area contributed by atoms with Crippen molar-refractivity contribution in [3.8, 4) is 0 Å². The van der Waals surface area contributed by atoms with Gasteiger partial charge < -0.3 is 9.90 Å². The van der Waals surface area contributed by atoms with Crippen LogP contribution in [0.4, 0.5) is 0 Å². The molecule has 1 aliphatic rings. The Bertz CT molecular complexity index is 828. The van der Waals surface area contributed by atoms with Crippen molar-refractivity contribution >= 4 is 17.6 Å². The lowest BCUT2D eigenvalue weighted by molar-refractivity contribution is -0.305. The fourth-order valence-electron chi connectivity index (χ4n) is 3.17. The SMILES string of the molecule is CCc1ccc([C@H]2C=C(c3ccccc3)NN2C(=O)CCCC(=O)[O-])cc1. The van der Waals surface area contributed by atoms with Crippen molar-refractivity contribution in [2.75, 3.05) is 0 Å². The number of hydrazine groups is 1. The second kappa shape index (κ2) is 8.54. The smallest absolute Gasteiger partial charge is 0.241 e. The Balaban J connectivity index is 1.84. The second-order valence-corrected chi connectivity index (χ2v) is 6.59. The van der Waals surface area contributed by atoms with Crippen LogP contribution in [0.2, 0.25) is 0 Å². The van der Waals surface area contributed by atoms with E-state index >= 15 is 0 Å². The number of carboxylic acid groups (broad SMARTS) is 1. The molecule has 0 saturated heterocycles. The molecular formula is C22H23N2O3-. The summed E-state index contributed by atoms with van der Waals surface area (Å²) in [6, 6.07) is 17.8. The fourth-order valence-corrected chi connectivity index (χ4v) is 3.17. The topological polar surface area (TPSA) is 72.5 Å². The molecule has 0 aliphatic carbocycles. The van der Waals surface area contributed by atoms with Gasteiger partial charge in [0.2, 0.25) is 5.91 Å². The summed E-state index contributed by atoms with van der Waals surface area (Å²) in [5.74, 6) is -1.27. The van der Waals surface area contributed by atoms with Crippen molar-refractivity contribution in [2.45, 2.75) is 38.6 Å². The summed E-state index contributed by atoms with van der Waals surface area (Å²) < 4.78 is 0. The third-order valence-electron chi connectivity index (χ3n) is 4.70. The van der Waals surface area contributed by atoms with Crippen molar-refractivity contribution in [3.05, 3.63) is 77.4 Å². The number of aliphatic carboxylic acids is 1. The maximum atomic E-state index is 12.7. The van der Waals surface area contributed by atoms with E-state index in [1.807, 2.05) is 48.5 Å². The van der Waals surface area contributed by atoms with Crippen molar-refractivity contribution < 1.29 is 14.7 Å². The molecule has 5 heteroatoms. The minimum absolute atomic E-state index is 0.117. The first kappa shape index (κ1) is 18.7. The van der Waals surface area contributed by atoms with Crippen LogP contribution in [0.15, 0.2) is 60.7 Å². The lowest BCUT2D eigenvalue weighted by Gasteiger charge is -2.26. The number of carbonyl (C=O) groups excluding carboxylic acids is 2. The van der Waals surface area contributed by atoms with Crippen LogP contribution in [0.5, 0.6) is 0 Å². The molecule has 2 aromatic carbocycles. The van der Waals surface area contributed by atoms with Crippen LogP contribution in [0, 0.1) is 0 Å². The van der Waals surface area contributed by atoms with Gasteiger partial charge in [0.1, 0.15) is 0 Å². The highest BCUT2D eigenvalue weighted by Gasteiger charge is 2.30. The number of amides is 1. The zero-order valence-electron chi connectivity index (χ0n) is 15.4. The average molecular weight is 363 g/mol. The summed E-state index contributed by atoms with van der Waals surface area (Å²) in [7, 11) is 0. The van der Waals surface area contributed by atoms with Crippen LogP contribution in [0.25, 0.3) is 5.70 Å². The van der Waals surface area contributed by atoms with Gasteiger partial charge in [0.25, 0.3) is 0 Å². The molecule has 0 aromatic heterocycles. The maximum Gasteiger partial charge on any atom is 0.241 e. The van der Waals surface area contributed by atoms with Crippen LogP contribution in [-0.4, -0.2) is 16.9 Å². The average Bonchev–Trinajstić information content (AvgIpc) is 3.14. The number of rotatable bonds is 7. The Morgan fingerprint density at radius 2 is 1.74 bits per heavy atom. The summed E-state index contributed by atoms with van der Waals surface area (Å²) in [4.78, 5) is 23.4. The van der Waals surface area contributed by atoms with Gasteiger partial charge in [-0.3, -0.25) is 10.2 Å². The number of aryl methyl sites for hydroxylation is 1. The van der Waals surface area contributed by atoms with Crippen LogP contribution in [0.3, 0.4) is 0 Å². The molecule has 1 amide bonds. The van der Waals surface area contributed by atoms with Crippen LogP contribution in [0.1, 0.15) is 48.9 Å². The molecule has 0 radical (unpaired) electrons. The highest BCUT2D eigenvalue weighted by Crippen LogP contribution is 2.32. The minimum Gasteiger partial charge on any atom is -0.550 e. The molecule has 1 N–H and O–H groups in total. The largest absolute Gasteiger partial charge is 0.550 e. The summed E-state index contributed by atoms with van der Waals surface area (Å²) >= 11 is 0. The Morgan fingerprint density at radius 3 is 2.37 bits per heavy atom. The van der Waals surface area contributed by atoms with E-state index in [0.717, 1.165) is 23.2 Å². The van der Waals surface area contributed by atoms with E-state index < -0.39 is 5.97 Å². The van der Waals surface area contributed by atoms with Crippen molar-refractivity contribution in [1.29, 1.82) is 0 Å². The van der Waals surface area contributed by atoms with Gasteiger partial charge in [0, 0.05) is 12.4 Å². The Hall–Kier alpha value is -3.08. The van der Waals surface area contributed by atoms with Gasteiger partial charge >= 0.3 is 0 Å². The van der Waals surface area contributed by atoms with Gasteiger partial charge in [-0.05, 0) is 42.0 Å². The van der Waals surface area contributed by atoms with Gasteiger partial charge in [-0.2, -0.15) is 0 Å². The summed E-state index contributed by atoms with van der Waals surface area (Å²) in [6.07, 6.45) is 3.30. The standard InChI is InChI=1S/C22H24N2O3/c1-2-16-11-13-18(14-12-16)20-15-19(17-7-4-3-5-8-17)23-24(20)21(25)9-6-10-22(26)27/h3-5,7-8,11-15,20,23H,2,6,9-10H2,1H3,(H,26,27)/p-1/t20-/m1/s1. The molecule has 2 aromatic rings. The van der Waals surface area contributed by atoms with E-state index in [1.165, 1.54) is 5.56 Å². The molecular weight excluding hydrogens is 340 g/mol. The first-order chi connectivity index (χ1) is 13.1. The van der Waals surface area contributed by atoms with Crippen LogP contribution >= 0.6 is 0 Å². The highest BCUT2D eigenvalue weighted by atomic mass is 16.4. The predicted molar refractivity (Wildman–Crippen MR) is 102 cm³/mol. The van der Waals surface area contributed by atoms with Gasteiger partial charge in [-0.15, -0.1) is 0 Å². The molecule has 0 bridgehead atoms.